The van der Waals surface area contributed by atoms with E-state index in [1.54, 1.807) is 5.57 Å². The summed E-state index contributed by atoms with van der Waals surface area (Å²) in [6.07, 6.45) is 11.1. The highest BCUT2D eigenvalue weighted by Gasteiger charge is 2.62. The highest BCUT2D eigenvalue weighted by atomic mass is 16.3. The van der Waals surface area contributed by atoms with E-state index in [9.17, 15) is 10.2 Å². The van der Waals surface area contributed by atoms with Crippen LogP contribution in [0.2, 0.25) is 0 Å². The summed E-state index contributed by atoms with van der Waals surface area (Å²) >= 11 is 0. The van der Waals surface area contributed by atoms with Crippen molar-refractivity contribution in [1.29, 1.82) is 0 Å². The average Bonchev–Trinajstić information content (AvgIpc) is 2.70. The van der Waals surface area contributed by atoms with Crippen LogP contribution < -0.4 is 0 Å². The van der Waals surface area contributed by atoms with Crippen molar-refractivity contribution in [3.05, 3.63) is 11.6 Å². The molecule has 0 bridgehead atoms. The molecule has 3 fully saturated rings. The first-order valence-electron chi connectivity index (χ1n) is 9.40. The van der Waals surface area contributed by atoms with Crippen LogP contribution in [0.15, 0.2) is 11.6 Å². The minimum Gasteiger partial charge on any atom is -0.390 e. The van der Waals surface area contributed by atoms with Crippen LogP contribution in [0.5, 0.6) is 0 Å². The third-order valence-electron chi connectivity index (χ3n) is 8.65. The molecule has 7 atom stereocenters. The summed E-state index contributed by atoms with van der Waals surface area (Å²) in [5.41, 5.74) is 1.51. The van der Waals surface area contributed by atoms with E-state index in [4.69, 9.17) is 0 Å². The van der Waals surface area contributed by atoms with Crippen LogP contribution in [0, 0.1) is 28.6 Å². The Bertz CT molecular complexity index is 508. The number of hydrogen-bond donors (Lipinski definition) is 2. The minimum absolute atomic E-state index is 0.125. The van der Waals surface area contributed by atoms with Gasteiger partial charge in [0, 0.05) is 0 Å². The first-order valence-corrected chi connectivity index (χ1v) is 9.40. The van der Waals surface area contributed by atoms with E-state index < -0.39 is 5.60 Å². The summed E-state index contributed by atoms with van der Waals surface area (Å²) in [4.78, 5) is 0. The van der Waals surface area contributed by atoms with E-state index in [1.807, 2.05) is 0 Å². The molecule has 22 heavy (non-hydrogen) atoms. The van der Waals surface area contributed by atoms with Crippen molar-refractivity contribution in [3.63, 3.8) is 0 Å². The molecule has 0 aromatic carbocycles. The van der Waals surface area contributed by atoms with Crippen LogP contribution >= 0.6 is 0 Å². The molecule has 0 saturated heterocycles. The number of hydrogen-bond acceptors (Lipinski definition) is 2. The molecule has 0 aliphatic heterocycles. The zero-order chi connectivity index (χ0) is 15.8. The second kappa shape index (κ2) is 4.60. The molecule has 4 rings (SSSR count). The number of aliphatic hydroxyl groups is 2. The molecule has 2 nitrogen and oxygen atoms in total. The lowest BCUT2D eigenvalue weighted by Crippen LogP contribution is -2.54. The summed E-state index contributed by atoms with van der Waals surface area (Å²) in [7, 11) is 0. The normalized spacial score (nSPS) is 57.6. The van der Waals surface area contributed by atoms with E-state index in [-0.39, 0.29) is 11.5 Å². The number of rotatable bonds is 0. The van der Waals surface area contributed by atoms with Gasteiger partial charge in [0.05, 0.1) is 11.7 Å². The summed E-state index contributed by atoms with van der Waals surface area (Å²) in [5, 5.41) is 20.9. The summed E-state index contributed by atoms with van der Waals surface area (Å²) in [5.74, 6) is 2.25. The summed E-state index contributed by atoms with van der Waals surface area (Å²) < 4.78 is 0. The van der Waals surface area contributed by atoms with Crippen molar-refractivity contribution in [1.82, 2.24) is 0 Å². The van der Waals surface area contributed by atoms with Crippen molar-refractivity contribution < 1.29 is 10.2 Å². The molecular weight excluding hydrogens is 272 g/mol. The molecule has 124 valence electrons. The lowest BCUT2D eigenvalue weighted by Gasteiger charge is -2.59. The highest BCUT2D eigenvalue weighted by Crippen LogP contribution is 2.67. The van der Waals surface area contributed by atoms with E-state index >= 15 is 0 Å². The van der Waals surface area contributed by atoms with Crippen molar-refractivity contribution in [2.45, 2.75) is 83.8 Å². The molecule has 0 amide bonds. The monoisotopic (exact) mass is 304 g/mol. The molecule has 4 aliphatic rings. The maximum Gasteiger partial charge on any atom is 0.0724 e. The third-order valence-corrected chi connectivity index (χ3v) is 8.65. The van der Waals surface area contributed by atoms with Gasteiger partial charge in [-0.15, -0.1) is 0 Å². The van der Waals surface area contributed by atoms with Gasteiger partial charge in [0.15, 0.2) is 0 Å². The Morgan fingerprint density at radius 3 is 2.45 bits per heavy atom. The zero-order valence-corrected chi connectivity index (χ0v) is 14.4. The fraction of sp³-hybridized carbons (Fsp3) is 0.900. The minimum atomic E-state index is -0.470. The Morgan fingerprint density at radius 2 is 1.68 bits per heavy atom. The molecular formula is C20H32O2. The average molecular weight is 304 g/mol. The predicted octanol–water partition coefficient (Wildman–Crippen LogP) is 4.06. The van der Waals surface area contributed by atoms with Gasteiger partial charge in [-0.3, -0.25) is 0 Å². The second-order valence-corrected chi connectivity index (χ2v) is 9.40. The van der Waals surface area contributed by atoms with Crippen LogP contribution in [-0.2, 0) is 0 Å². The van der Waals surface area contributed by atoms with Gasteiger partial charge in [-0.1, -0.05) is 25.5 Å². The van der Waals surface area contributed by atoms with E-state index in [1.165, 1.54) is 32.1 Å². The van der Waals surface area contributed by atoms with Crippen molar-refractivity contribution in [2.24, 2.45) is 28.6 Å². The number of aliphatic hydroxyl groups excluding tert-OH is 1. The van der Waals surface area contributed by atoms with Gasteiger partial charge < -0.3 is 10.2 Å². The van der Waals surface area contributed by atoms with E-state index in [2.05, 4.69) is 26.8 Å². The third kappa shape index (κ3) is 1.80. The predicted molar refractivity (Wildman–Crippen MR) is 88.3 cm³/mol. The Labute approximate surface area is 135 Å². The molecule has 3 saturated carbocycles. The van der Waals surface area contributed by atoms with Crippen LogP contribution in [0.1, 0.15) is 72.1 Å². The zero-order valence-electron chi connectivity index (χ0n) is 14.4. The van der Waals surface area contributed by atoms with Crippen molar-refractivity contribution in [2.75, 3.05) is 0 Å². The summed E-state index contributed by atoms with van der Waals surface area (Å²) in [6.45, 7) is 6.91. The molecule has 2 heteroatoms. The fourth-order valence-corrected chi connectivity index (χ4v) is 6.95. The summed E-state index contributed by atoms with van der Waals surface area (Å²) in [6, 6.07) is 0. The van der Waals surface area contributed by atoms with Gasteiger partial charge in [0.2, 0.25) is 0 Å². The standard InChI is InChI=1S/C20H32O2/c1-18-9-6-14(21)12-13(18)4-5-15-16(18)7-10-19(2)17(15)8-11-20(19,3)22/h12,14-17,21-22H,4-11H2,1-3H3/t14?,15-,16+,17+,18+,19+,20?/m1/s1. The lowest BCUT2D eigenvalue weighted by molar-refractivity contribution is -0.118. The van der Waals surface area contributed by atoms with Crippen LogP contribution in [-0.4, -0.2) is 21.9 Å². The molecule has 0 heterocycles. The van der Waals surface area contributed by atoms with Crippen LogP contribution in [0.4, 0.5) is 0 Å². The van der Waals surface area contributed by atoms with Crippen LogP contribution in [0.3, 0.4) is 0 Å². The van der Waals surface area contributed by atoms with Crippen molar-refractivity contribution in [3.8, 4) is 0 Å². The molecule has 2 N–H and O–H groups in total. The Hall–Kier alpha value is -0.340. The van der Waals surface area contributed by atoms with Gasteiger partial charge in [0.1, 0.15) is 0 Å². The largest absolute Gasteiger partial charge is 0.390 e. The first-order chi connectivity index (χ1) is 10.3. The van der Waals surface area contributed by atoms with Gasteiger partial charge in [-0.05, 0) is 86.9 Å². The first kappa shape index (κ1) is 15.2. The maximum atomic E-state index is 10.9. The second-order valence-electron chi connectivity index (χ2n) is 9.40. The number of fused-ring (bicyclic) bond motifs is 5. The maximum absolute atomic E-state index is 10.9. The van der Waals surface area contributed by atoms with Gasteiger partial charge in [-0.25, -0.2) is 0 Å². The lowest BCUT2D eigenvalue weighted by atomic mass is 9.46. The van der Waals surface area contributed by atoms with Crippen molar-refractivity contribution >= 4 is 0 Å². The molecule has 4 aliphatic carbocycles. The van der Waals surface area contributed by atoms with E-state index in [0.29, 0.717) is 11.3 Å². The Morgan fingerprint density at radius 1 is 0.955 bits per heavy atom. The molecule has 2 unspecified atom stereocenters. The Kier molecular flexibility index (Phi) is 3.18. The number of allylic oxidation sites excluding steroid dienone is 1. The van der Waals surface area contributed by atoms with Crippen LogP contribution in [0.25, 0.3) is 0 Å². The highest BCUT2D eigenvalue weighted by molar-refractivity contribution is 5.26. The molecule has 0 radical (unpaired) electrons. The quantitative estimate of drug-likeness (QED) is 0.663. The SMILES string of the molecule is CC1(O)CC[C@H]2[C@@H]3CCC4=CC(O)CC[C@]4(C)[C@H]3CC[C@@]21C. The van der Waals surface area contributed by atoms with Gasteiger partial charge in [0.25, 0.3) is 0 Å². The van der Waals surface area contributed by atoms with E-state index in [0.717, 1.165) is 31.1 Å². The topological polar surface area (TPSA) is 40.5 Å². The Balaban J connectivity index is 1.68. The smallest absolute Gasteiger partial charge is 0.0724 e. The van der Waals surface area contributed by atoms with Gasteiger partial charge in [-0.2, -0.15) is 0 Å². The molecule has 0 aromatic rings. The fourth-order valence-electron chi connectivity index (χ4n) is 6.95. The molecule has 0 aromatic heterocycles. The molecule has 0 spiro atoms. The van der Waals surface area contributed by atoms with Gasteiger partial charge >= 0.3 is 0 Å².